The predicted molar refractivity (Wildman–Crippen MR) is 134 cm³/mol. The van der Waals surface area contributed by atoms with Crippen molar-refractivity contribution in [1.82, 2.24) is 10.6 Å². The molecule has 162 valence electrons. The van der Waals surface area contributed by atoms with Crippen molar-refractivity contribution in [3.8, 4) is 5.75 Å². The van der Waals surface area contributed by atoms with Gasteiger partial charge in [0, 0.05) is 43.2 Å². The number of carbonyl (C=O) groups is 1. The molecule has 0 bridgehead atoms. The number of carbonyl (C=O) groups excluding carboxylic acids is 1. The number of guanidine groups is 1. The second-order valence-corrected chi connectivity index (χ2v) is 7.54. The third-order valence-corrected chi connectivity index (χ3v) is 5.14. The van der Waals surface area contributed by atoms with E-state index in [4.69, 9.17) is 27.9 Å². The summed E-state index contributed by atoms with van der Waals surface area (Å²) in [5.74, 6) is 1.45. The lowest BCUT2D eigenvalue weighted by molar-refractivity contribution is -0.116. The normalized spacial score (nSPS) is 15.5. The van der Waals surface area contributed by atoms with E-state index < -0.39 is 0 Å². The molecule has 3 N–H and O–H groups in total. The second-order valence-electron chi connectivity index (χ2n) is 6.69. The minimum atomic E-state index is 0. The Labute approximate surface area is 203 Å². The van der Waals surface area contributed by atoms with Crippen molar-refractivity contribution < 1.29 is 9.53 Å². The molecule has 2 aromatic rings. The summed E-state index contributed by atoms with van der Waals surface area (Å²) in [6.45, 7) is 1.83. The van der Waals surface area contributed by atoms with Gasteiger partial charge in [-0.3, -0.25) is 9.79 Å². The summed E-state index contributed by atoms with van der Waals surface area (Å²) in [5, 5.41) is 10.6. The monoisotopic (exact) mass is 562 g/mol. The fourth-order valence-corrected chi connectivity index (χ4v) is 3.64. The van der Waals surface area contributed by atoms with Crippen LogP contribution >= 0.6 is 47.2 Å². The van der Waals surface area contributed by atoms with Gasteiger partial charge in [0.25, 0.3) is 0 Å². The van der Waals surface area contributed by atoms with Crippen LogP contribution in [-0.2, 0) is 4.79 Å². The molecule has 0 aromatic heterocycles. The molecular weight excluding hydrogens is 538 g/mol. The van der Waals surface area contributed by atoms with Crippen molar-refractivity contribution in [2.75, 3.05) is 32.1 Å². The number of nitrogens with zero attached hydrogens (tertiary/aromatic N) is 1. The number of hydrogen-bond acceptors (Lipinski definition) is 3. The van der Waals surface area contributed by atoms with Crippen LogP contribution in [0.3, 0.4) is 0 Å². The summed E-state index contributed by atoms with van der Waals surface area (Å²) in [6.07, 6.45) is 1.23. The summed E-state index contributed by atoms with van der Waals surface area (Å²) >= 11 is 12.0. The molecule has 1 heterocycles. The summed E-state index contributed by atoms with van der Waals surface area (Å²) < 4.78 is 5.68. The van der Waals surface area contributed by atoms with Gasteiger partial charge in [-0.1, -0.05) is 41.4 Å². The Morgan fingerprint density at radius 1 is 1.23 bits per heavy atom. The van der Waals surface area contributed by atoms with Crippen LogP contribution in [0.4, 0.5) is 5.69 Å². The third-order valence-electron chi connectivity index (χ3n) is 4.61. The molecule has 0 aliphatic carbocycles. The minimum absolute atomic E-state index is 0. The van der Waals surface area contributed by atoms with Gasteiger partial charge in [-0.05, 0) is 36.2 Å². The molecule has 0 spiro atoms. The smallest absolute Gasteiger partial charge is 0.225 e. The highest BCUT2D eigenvalue weighted by Gasteiger charge is 2.24. The number of benzene rings is 2. The zero-order chi connectivity index (χ0) is 20.6. The van der Waals surface area contributed by atoms with Crippen molar-refractivity contribution in [3.05, 3.63) is 58.1 Å². The lowest BCUT2D eigenvalue weighted by Gasteiger charge is -2.26. The van der Waals surface area contributed by atoms with Crippen molar-refractivity contribution >= 4 is 64.7 Å². The molecule has 1 aliphatic rings. The first-order valence-electron chi connectivity index (χ1n) is 9.48. The number of hydrogen-bond donors (Lipinski definition) is 3. The van der Waals surface area contributed by atoms with Crippen LogP contribution in [0.5, 0.6) is 5.75 Å². The van der Waals surface area contributed by atoms with Gasteiger partial charge in [0.15, 0.2) is 5.96 Å². The molecule has 1 amide bonds. The number of anilines is 1. The lowest BCUT2D eigenvalue weighted by Crippen LogP contribution is -2.41. The van der Waals surface area contributed by atoms with E-state index in [2.05, 4.69) is 27.0 Å². The first kappa shape index (κ1) is 24.6. The van der Waals surface area contributed by atoms with Crippen molar-refractivity contribution in [2.45, 2.75) is 18.8 Å². The largest absolute Gasteiger partial charge is 0.492 e. The van der Waals surface area contributed by atoms with Gasteiger partial charge in [-0.15, -0.1) is 24.0 Å². The predicted octanol–water partition coefficient (Wildman–Crippen LogP) is 4.67. The molecule has 0 fully saturated rings. The maximum Gasteiger partial charge on any atom is 0.225 e. The van der Waals surface area contributed by atoms with E-state index in [0.717, 1.165) is 17.7 Å². The Hall–Kier alpha value is -1.71. The molecule has 1 atom stereocenters. The number of fused-ring (bicyclic) bond motifs is 1. The van der Waals surface area contributed by atoms with Crippen LogP contribution in [-0.4, -0.2) is 38.6 Å². The number of halogens is 3. The van der Waals surface area contributed by atoms with Crippen molar-refractivity contribution in [1.29, 1.82) is 0 Å². The van der Waals surface area contributed by atoms with Gasteiger partial charge >= 0.3 is 0 Å². The number of rotatable bonds is 7. The van der Waals surface area contributed by atoms with Crippen LogP contribution in [0.1, 0.15) is 24.3 Å². The van der Waals surface area contributed by atoms with Crippen LogP contribution < -0.4 is 20.7 Å². The first-order chi connectivity index (χ1) is 14.1. The van der Waals surface area contributed by atoms with Crippen molar-refractivity contribution in [3.63, 3.8) is 0 Å². The van der Waals surface area contributed by atoms with Crippen LogP contribution in [0.15, 0.2) is 47.5 Å². The molecule has 6 nitrogen and oxygen atoms in total. The number of para-hydroxylation sites is 1. The van der Waals surface area contributed by atoms with E-state index in [9.17, 15) is 4.79 Å². The Morgan fingerprint density at radius 3 is 2.80 bits per heavy atom. The zero-order valence-corrected chi connectivity index (χ0v) is 20.4. The Balaban J connectivity index is 0.00000320. The topological polar surface area (TPSA) is 74.8 Å². The third kappa shape index (κ3) is 6.92. The number of aliphatic imine (C=N–C) groups is 1. The minimum Gasteiger partial charge on any atom is -0.492 e. The number of nitrogens with one attached hydrogen (secondary N) is 3. The molecule has 9 heteroatoms. The summed E-state index contributed by atoms with van der Waals surface area (Å²) in [6, 6.07) is 13.1. The number of amides is 1. The Kier molecular flexibility index (Phi) is 10.0. The standard InChI is InChI=1S/C21H24Cl2N4O2.HI/c1-24-21(25-9-4-10-29-19-8-7-15(22)12-17(19)23)26-13-14-11-20(28)27-18-6-3-2-5-16(14)18;/h2-3,5-8,12,14H,4,9-11,13H2,1H3,(H,27,28)(H2,24,25,26);1H. The summed E-state index contributed by atoms with van der Waals surface area (Å²) in [4.78, 5) is 16.2. The van der Waals surface area contributed by atoms with Gasteiger partial charge in [-0.2, -0.15) is 0 Å². The van der Waals surface area contributed by atoms with Crippen LogP contribution in [0, 0.1) is 0 Å². The fourth-order valence-electron chi connectivity index (χ4n) is 3.18. The molecule has 0 saturated heterocycles. The Morgan fingerprint density at radius 2 is 2.03 bits per heavy atom. The van der Waals surface area contributed by atoms with E-state index >= 15 is 0 Å². The van der Waals surface area contributed by atoms with Crippen LogP contribution in [0.25, 0.3) is 0 Å². The molecule has 30 heavy (non-hydrogen) atoms. The van der Waals surface area contributed by atoms with Gasteiger partial charge in [0.2, 0.25) is 5.91 Å². The molecule has 0 saturated carbocycles. The highest BCUT2D eigenvalue weighted by Crippen LogP contribution is 2.31. The maximum atomic E-state index is 11.9. The average Bonchev–Trinajstić information content (AvgIpc) is 2.71. The van der Waals surface area contributed by atoms with Crippen LogP contribution in [0.2, 0.25) is 10.0 Å². The van der Waals surface area contributed by atoms with Crippen molar-refractivity contribution in [2.24, 2.45) is 4.99 Å². The van der Waals surface area contributed by atoms with Gasteiger partial charge < -0.3 is 20.7 Å². The molecular formula is C21H25Cl2IN4O2. The van der Waals surface area contributed by atoms with E-state index in [1.807, 2.05) is 18.2 Å². The Bertz CT molecular complexity index is 895. The molecule has 1 aliphatic heterocycles. The fraction of sp³-hybridized carbons (Fsp3) is 0.333. The number of ether oxygens (including phenoxy) is 1. The van der Waals surface area contributed by atoms with Gasteiger partial charge in [0.05, 0.1) is 11.6 Å². The van der Waals surface area contributed by atoms with E-state index in [1.54, 1.807) is 25.2 Å². The zero-order valence-electron chi connectivity index (χ0n) is 16.6. The molecule has 0 radical (unpaired) electrons. The quantitative estimate of drug-likeness (QED) is 0.198. The maximum absolute atomic E-state index is 11.9. The van der Waals surface area contributed by atoms with Gasteiger partial charge in [-0.25, -0.2) is 0 Å². The first-order valence-corrected chi connectivity index (χ1v) is 10.2. The summed E-state index contributed by atoms with van der Waals surface area (Å²) in [5.41, 5.74) is 2.03. The highest BCUT2D eigenvalue weighted by atomic mass is 127. The molecule has 1 unspecified atom stereocenters. The van der Waals surface area contributed by atoms with E-state index in [1.165, 1.54) is 0 Å². The summed E-state index contributed by atoms with van der Waals surface area (Å²) in [7, 11) is 1.72. The second kappa shape index (κ2) is 12.2. The highest BCUT2D eigenvalue weighted by molar-refractivity contribution is 14.0. The lowest BCUT2D eigenvalue weighted by atomic mass is 9.90. The van der Waals surface area contributed by atoms with E-state index in [0.29, 0.717) is 47.9 Å². The SMILES string of the molecule is CN=C(NCCCOc1ccc(Cl)cc1Cl)NCC1CC(=O)Nc2ccccc21.I. The molecule has 3 rings (SSSR count). The van der Waals surface area contributed by atoms with E-state index in [-0.39, 0.29) is 35.8 Å². The molecule has 2 aromatic carbocycles. The van der Waals surface area contributed by atoms with Gasteiger partial charge in [0.1, 0.15) is 5.75 Å². The average molecular weight is 563 g/mol.